The van der Waals surface area contributed by atoms with Crippen LogP contribution in [0.4, 0.5) is 0 Å². The lowest BCUT2D eigenvalue weighted by Crippen LogP contribution is -2.14. The van der Waals surface area contributed by atoms with Gasteiger partial charge in [0.1, 0.15) is 12.4 Å². The number of nitrogens with one attached hydrogen (secondary N) is 1. The van der Waals surface area contributed by atoms with Gasteiger partial charge in [-0.25, -0.2) is 4.98 Å². The summed E-state index contributed by atoms with van der Waals surface area (Å²) in [7, 11) is 0. The molecule has 2 heterocycles. The molecule has 76 valence electrons. The first-order valence-electron chi connectivity index (χ1n) is 4.62. The number of hydrogen-bond acceptors (Lipinski definition) is 4. The van der Waals surface area contributed by atoms with Crippen molar-refractivity contribution in [2.24, 2.45) is 0 Å². The Morgan fingerprint density at radius 1 is 1.71 bits per heavy atom. The normalized spacial score (nSPS) is 21.4. The maximum absolute atomic E-state index is 11.2. The first-order valence-corrected chi connectivity index (χ1v) is 4.62. The van der Waals surface area contributed by atoms with Crippen LogP contribution in [0, 0.1) is 0 Å². The maximum Gasteiger partial charge on any atom is 0.251 e. The van der Waals surface area contributed by atoms with E-state index in [4.69, 9.17) is 9.84 Å². The Morgan fingerprint density at radius 2 is 2.57 bits per heavy atom. The molecule has 0 saturated carbocycles. The first-order chi connectivity index (χ1) is 6.79. The molecular weight excluding hydrogens is 184 g/mol. The van der Waals surface area contributed by atoms with Crippen LogP contribution in [0.1, 0.15) is 30.5 Å². The topological polar surface area (TPSA) is 75.2 Å². The molecule has 1 aliphatic rings. The number of hydrogen-bond donors (Lipinski definition) is 2. The van der Waals surface area contributed by atoms with Gasteiger partial charge in [0, 0.05) is 12.7 Å². The highest BCUT2D eigenvalue weighted by Gasteiger charge is 2.19. The summed E-state index contributed by atoms with van der Waals surface area (Å²) in [5, 5.41) is 8.86. The van der Waals surface area contributed by atoms with Crippen molar-refractivity contribution in [2.45, 2.75) is 25.6 Å². The third kappa shape index (κ3) is 1.83. The van der Waals surface area contributed by atoms with Gasteiger partial charge in [-0.05, 0) is 12.8 Å². The standard InChI is InChI=1S/C9H12N2O3/c12-5-8-10-6(4-9(13)11-8)7-2-1-3-14-7/h4,7,12H,1-3,5H2,(H,10,11,13)/t7-/m0/s1. The molecule has 14 heavy (non-hydrogen) atoms. The number of nitrogens with zero attached hydrogens (tertiary/aromatic N) is 1. The molecule has 5 nitrogen and oxygen atoms in total. The zero-order chi connectivity index (χ0) is 9.97. The third-order valence-electron chi connectivity index (χ3n) is 2.22. The molecule has 0 spiro atoms. The van der Waals surface area contributed by atoms with E-state index in [0.29, 0.717) is 18.1 Å². The lowest BCUT2D eigenvalue weighted by atomic mass is 10.2. The first kappa shape index (κ1) is 9.36. The fraction of sp³-hybridized carbons (Fsp3) is 0.556. The highest BCUT2D eigenvalue weighted by atomic mass is 16.5. The monoisotopic (exact) mass is 196 g/mol. The van der Waals surface area contributed by atoms with E-state index in [2.05, 4.69) is 9.97 Å². The van der Waals surface area contributed by atoms with Crippen LogP contribution in [0.2, 0.25) is 0 Å². The van der Waals surface area contributed by atoms with E-state index in [9.17, 15) is 4.79 Å². The minimum atomic E-state index is -0.254. The third-order valence-corrected chi connectivity index (χ3v) is 2.22. The predicted octanol–water partition coefficient (Wildman–Crippen LogP) is 0.114. The predicted molar refractivity (Wildman–Crippen MR) is 48.7 cm³/mol. The van der Waals surface area contributed by atoms with E-state index >= 15 is 0 Å². The van der Waals surface area contributed by atoms with Crippen molar-refractivity contribution in [3.05, 3.63) is 27.9 Å². The number of aliphatic hydroxyl groups excluding tert-OH is 1. The molecule has 0 radical (unpaired) electrons. The Kier molecular flexibility index (Phi) is 2.60. The van der Waals surface area contributed by atoms with Crippen LogP contribution in [0.3, 0.4) is 0 Å². The molecule has 0 aromatic carbocycles. The number of H-pyrrole nitrogens is 1. The number of ether oxygens (including phenoxy) is 1. The van der Waals surface area contributed by atoms with Crippen molar-refractivity contribution in [1.29, 1.82) is 0 Å². The molecule has 0 amide bonds. The fourth-order valence-corrected chi connectivity index (χ4v) is 1.58. The molecule has 0 unspecified atom stereocenters. The molecule has 0 bridgehead atoms. The Balaban J connectivity index is 2.32. The second-order valence-electron chi connectivity index (χ2n) is 3.28. The quantitative estimate of drug-likeness (QED) is 0.704. The SMILES string of the molecule is O=c1cc([C@@H]2CCCO2)nc(CO)[nH]1. The Morgan fingerprint density at radius 3 is 3.21 bits per heavy atom. The van der Waals surface area contributed by atoms with Crippen LogP contribution in [-0.4, -0.2) is 21.7 Å². The highest BCUT2D eigenvalue weighted by Crippen LogP contribution is 2.25. The van der Waals surface area contributed by atoms with E-state index in [-0.39, 0.29) is 18.3 Å². The van der Waals surface area contributed by atoms with E-state index in [0.717, 1.165) is 12.8 Å². The van der Waals surface area contributed by atoms with E-state index < -0.39 is 0 Å². The fourth-order valence-electron chi connectivity index (χ4n) is 1.58. The smallest absolute Gasteiger partial charge is 0.251 e. The molecule has 1 saturated heterocycles. The molecule has 2 N–H and O–H groups in total. The molecule has 1 aromatic rings. The van der Waals surface area contributed by atoms with Crippen molar-refractivity contribution in [2.75, 3.05) is 6.61 Å². The summed E-state index contributed by atoms with van der Waals surface area (Å²) in [6.45, 7) is 0.462. The summed E-state index contributed by atoms with van der Waals surface area (Å²) in [6, 6.07) is 1.43. The van der Waals surface area contributed by atoms with Crippen LogP contribution in [0.15, 0.2) is 10.9 Å². The largest absolute Gasteiger partial charge is 0.388 e. The number of rotatable bonds is 2. The van der Waals surface area contributed by atoms with Crippen molar-refractivity contribution >= 4 is 0 Å². The minimum Gasteiger partial charge on any atom is -0.388 e. The zero-order valence-electron chi connectivity index (χ0n) is 7.69. The van der Waals surface area contributed by atoms with Crippen molar-refractivity contribution in [3.63, 3.8) is 0 Å². The lowest BCUT2D eigenvalue weighted by Gasteiger charge is -2.08. The van der Waals surface area contributed by atoms with Gasteiger partial charge in [-0.3, -0.25) is 4.79 Å². The highest BCUT2D eigenvalue weighted by molar-refractivity contribution is 5.06. The molecule has 1 fully saturated rings. The van der Waals surface area contributed by atoms with E-state index in [1.54, 1.807) is 0 Å². The van der Waals surface area contributed by atoms with Gasteiger partial charge in [0.15, 0.2) is 0 Å². The average Bonchev–Trinajstić information content (AvgIpc) is 2.69. The van der Waals surface area contributed by atoms with Gasteiger partial charge in [0.2, 0.25) is 0 Å². The van der Waals surface area contributed by atoms with Gasteiger partial charge in [-0.1, -0.05) is 0 Å². The molecule has 0 aliphatic carbocycles. The minimum absolute atomic E-state index is 0.0809. The number of aliphatic hydroxyl groups is 1. The Labute approximate surface area is 80.8 Å². The van der Waals surface area contributed by atoms with Gasteiger partial charge in [0.25, 0.3) is 5.56 Å². The lowest BCUT2D eigenvalue weighted by molar-refractivity contribution is 0.108. The molecule has 1 atom stereocenters. The Bertz CT molecular complexity index is 369. The summed E-state index contributed by atoms with van der Waals surface area (Å²) >= 11 is 0. The number of aromatic nitrogens is 2. The van der Waals surface area contributed by atoms with Gasteiger partial charge < -0.3 is 14.8 Å². The van der Waals surface area contributed by atoms with Gasteiger partial charge in [-0.15, -0.1) is 0 Å². The van der Waals surface area contributed by atoms with Gasteiger partial charge >= 0.3 is 0 Å². The number of aromatic amines is 1. The Hall–Kier alpha value is -1.20. The summed E-state index contributed by atoms with van der Waals surface area (Å²) in [6.07, 6.45) is 1.80. The summed E-state index contributed by atoms with van der Waals surface area (Å²) < 4.78 is 5.40. The van der Waals surface area contributed by atoms with Gasteiger partial charge in [-0.2, -0.15) is 0 Å². The average molecular weight is 196 g/mol. The molecular formula is C9H12N2O3. The molecule has 5 heteroatoms. The second-order valence-corrected chi connectivity index (χ2v) is 3.28. The zero-order valence-corrected chi connectivity index (χ0v) is 7.69. The summed E-state index contributed by atoms with van der Waals surface area (Å²) in [5.41, 5.74) is 0.379. The summed E-state index contributed by atoms with van der Waals surface area (Å²) in [5.74, 6) is 0.294. The molecule has 1 aliphatic heterocycles. The molecule has 2 rings (SSSR count). The van der Waals surface area contributed by atoms with Crippen LogP contribution < -0.4 is 5.56 Å². The molecule has 1 aromatic heterocycles. The van der Waals surface area contributed by atoms with Crippen molar-refractivity contribution < 1.29 is 9.84 Å². The van der Waals surface area contributed by atoms with E-state index in [1.807, 2.05) is 0 Å². The van der Waals surface area contributed by atoms with E-state index in [1.165, 1.54) is 6.07 Å². The summed E-state index contributed by atoms with van der Waals surface area (Å²) in [4.78, 5) is 17.7. The van der Waals surface area contributed by atoms with Crippen LogP contribution >= 0.6 is 0 Å². The van der Waals surface area contributed by atoms with Crippen molar-refractivity contribution in [3.8, 4) is 0 Å². The van der Waals surface area contributed by atoms with Crippen molar-refractivity contribution in [1.82, 2.24) is 9.97 Å². The van der Waals surface area contributed by atoms with Crippen LogP contribution in [-0.2, 0) is 11.3 Å². The second kappa shape index (κ2) is 3.89. The van der Waals surface area contributed by atoms with Crippen LogP contribution in [0.5, 0.6) is 0 Å². The van der Waals surface area contributed by atoms with Crippen LogP contribution in [0.25, 0.3) is 0 Å². The maximum atomic E-state index is 11.2. The van der Waals surface area contributed by atoms with Gasteiger partial charge in [0.05, 0.1) is 11.8 Å².